The topological polar surface area (TPSA) is 49.8 Å². The average molecular weight is 454 g/mol. The molecule has 0 aliphatic heterocycles. The predicted molar refractivity (Wildman–Crippen MR) is 138 cm³/mol. The maximum atomic E-state index is 12.7. The van der Waals surface area contributed by atoms with Crippen LogP contribution in [-0.4, -0.2) is 41.4 Å². The maximum absolute atomic E-state index is 12.7. The van der Waals surface area contributed by atoms with Gasteiger partial charge in [0.05, 0.1) is 5.92 Å². The van der Waals surface area contributed by atoms with Gasteiger partial charge in [0.2, 0.25) is 0 Å². The Kier molecular flexibility index (Phi) is 16.2. The van der Waals surface area contributed by atoms with Gasteiger partial charge in [-0.25, -0.2) is 0 Å². The molecule has 0 aliphatic rings. The molecule has 190 valence electrons. The van der Waals surface area contributed by atoms with Crippen LogP contribution in [0.1, 0.15) is 125 Å². The lowest BCUT2D eigenvalue weighted by Crippen LogP contribution is -2.62. The molecule has 4 nitrogen and oxygen atoms in total. The van der Waals surface area contributed by atoms with Crippen LogP contribution in [-0.2, 0) is 9.53 Å². The minimum Gasteiger partial charge on any atom is -0.455 e. The number of carbonyl (C=O) groups is 1. The summed E-state index contributed by atoms with van der Waals surface area (Å²) in [6, 6.07) is 0. The summed E-state index contributed by atoms with van der Waals surface area (Å²) < 4.78 is 5.85. The third-order valence-electron chi connectivity index (χ3n) is 6.55. The van der Waals surface area contributed by atoms with Crippen molar-refractivity contribution in [3.63, 3.8) is 0 Å². The van der Waals surface area contributed by atoms with E-state index in [9.17, 15) is 9.90 Å². The molecule has 0 rings (SSSR count). The second-order valence-electron chi connectivity index (χ2n) is 10.8. The van der Waals surface area contributed by atoms with Crippen molar-refractivity contribution in [3.8, 4) is 0 Å². The number of aliphatic hydroxyl groups is 1. The summed E-state index contributed by atoms with van der Waals surface area (Å²) in [5.41, 5.74) is -2.18. The van der Waals surface area contributed by atoms with Gasteiger partial charge in [0.1, 0.15) is 5.60 Å². The number of nitrogens with zero attached hydrogens (tertiary/aromatic N) is 1. The van der Waals surface area contributed by atoms with Crippen molar-refractivity contribution in [2.24, 2.45) is 11.8 Å². The van der Waals surface area contributed by atoms with Crippen molar-refractivity contribution in [1.82, 2.24) is 4.90 Å². The van der Waals surface area contributed by atoms with E-state index < -0.39 is 11.3 Å². The van der Waals surface area contributed by atoms with E-state index in [4.69, 9.17) is 4.74 Å². The van der Waals surface area contributed by atoms with Crippen LogP contribution < -0.4 is 0 Å². The summed E-state index contributed by atoms with van der Waals surface area (Å²) in [6.45, 7) is 12.0. The lowest BCUT2D eigenvalue weighted by molar-refractivity contribution is -0.234. The number of hydrogen-bond acceptors (Lipinski definition) is 4. The van der Waals surface area contributed by atoms with Gasteiger partial charge in [0.15, 0.2) is 5.72 Å². The first-order chi connectivity index (χ1) is 15.0. The number of allylic oxidation sites excluding steroid dienone is 2. The van der Waals surface area contributed by atoms with E-state index in [0.29, 0.717) is 6.42 Å². The Morgan fingerprint density at radius 1 is 0.906 bits per heavy atom. The summed E-state index contributed by atoms with van der Waals surface area (Å²) in [5, 5.41) is 11.3. The van der Waals surface area contributed by atoms with E-state index in [1.165, 1.54) is 51.4 Å². The highest BCUT2D eigenvalue weighted by Gasteiger charge is 2.49. The predicted octanol–water partition coefficient (Wildman–Crippen LogP) is 7.50. The van der Waals surface area contributed by atoms with E-state index >= 15 is 0 Å². The largest absolute Gasteiger partial charge is 0.455 e. The molecule has 2 unspecified atom stereocenters. The van der Waals surface area contributed by atoms with Crippen molar-refractivity contribution in [2.75, 3.05) is 14.1 Å². The van der Waals surface area contributed by atoms with Gasteiger partial charge < -0.3 is 9.84 Å². The van der Waals surface area contributed by atoms with Crippen LogP contribution in [0.4, 0.5) is 0 Å². The smallest absolute Gasteiger partial charge is 0.309 e. The first-order valence-corrected chi connectivity index (χ1v) is 13.3. The molecule has 0 heterocycles. The van der Waals surface area contributed by atoms with Crippen molar-refractivity contribution >= 4 is 5.97 Å². The molecule has 0 aliphatic carbocycles. The van der Waals surface area contributed by atoms with Gasteiger partial charge in [-0.15, -0.1) is 0 Å². The summed E-state index contributed by atoms with van der Waals surface area (Å²) >= 11 is 0. The van der Waals surface area contributed by atoms with Crippen LogP contribution in [0, 0.1) is 11.8 Å². The first-order valence-electron chi connectivity index (χ1n) is 13.3. The Morgan fingerprint density at radius 2 is 1.41 bits per heavy atom. The van der Waals surface area contributed by atoms with Crippen LogP contribution in [0.15, 0.2) is 12.2 Å². The van der Waals surface area contributed by atoms with E-state index in [1.807, 2.05) is 34.9 Å². The van der Waals surface area contributed by atoms with Crippen molar-refractivity contribution in [3.05, 3.63) is 12.2 Å². The third-order valence-corrected chi connectivity index (χ3v) is 6.55. The average Bonchev–Trinajstić information content (AvgIpc) is 2.70. The quantitative estimate of drug-likeness (QED) is 0.0952. The van der Waals surface area contributed by atoms with Crippen LogP contribution in [0.3, 0.4) is 0 Å². The zero-order chi connectivity index (χ0) is 24.6. The molecule has 1 N–H and O–H groups in total. The molecule has 0 aromatic rings. The number of rotatable bonds is 19. The van der Waals surface area contributed by atoms with Crippen LogP contribution in [0.5, 0.6) is 0 Å². The highest BCUT2D eigenvalue weighted by molar-refractivity contribution is 5.72. The first kappa shape index (κ1) is 31.1. The molecule has 0 saturated heterocycles. The fraction of sp³-hybridized carbons (Fsp3) is 0.893. The lowest BCUT2D eigenvalue weighted by atomic mass is 9.85. The zero-order valence-corrected chi connectivity index (χ0v) is 22.7. The Labute approximate surface area is 200 Å². The van der Waals surface area contributed by atoms with Crippen molar-refractivity contribution in [1.29, 1.82) is 0 Å². The summed E-state index contributed by atoms with van der Waals surface area (Å²) in [7, 11) is 3.67. The molecule has 0 aromatic heterocycles. The van der Waals surface area contributed by atoms with E-state index in [0.717, 1.165) is 25.7 Å². The fourth-order valence-corrected chi connectivity index (χ4v) is 4.26. The Hall–Kier alpha value is -0.870. The van der Waals surface area contributed by atoms with E-state index in [1.54, 1.807) is 4.90 Å². The minimum atomic E-state index is -1.20. The van der Waals surface area contributed by atoms with Gasteiger partial charge in [0, 0.05) is 0 Å². The van der Waals surface area contributed by atoms with E-state index in [2.05, 4.69) is 32.9 Å². The molecular weight excluding hydrogens is 398 g/mol. The molecule has 0 bridgehead atoms. The molecule has 4 heteroatoms. The fourth-order valence-electron chi connectivity index (χ4n) is 4.26. The maximum Gasteiger partial charge on any atom is 0.309 e. The molecule has 0 spiro atoms. The summed E-state index contributed by atoms with van der Waals surface area (Å²) in [5.74, 6) is -0.0708. The van der Waals surface area contributed by atoms with Gasteiger partial charge in [-0.05, 0) is 72.4 Å². The number of carbonyl (C=O) groups excluding carboxylic acids is 1. The molecule has 32 heavy (non-hydrogen) atoms. The minimum absolute atomic E-state index is 0.150. The Bertz CT molecular complexity index is 513. The van der Waals surface area contributed by atoms with Gasteiger partial charge in [-0.2, -0.15) is 0 Å². The lowest BCUT2D eigenvalue weighted by Gasteiger charge is -2.47. The van der Waals surface area contributed by atoms with Crippen LogP contribution in [0.25, 0.3) is 0 Å². The highest BCUT2D eigenvalue weighted by atomic mass is 16.6. The normalized spacial score (nSPS) is 15.5. The molecular formula is C28H55NO3. The van der Waals surface area contributed by atoms with Gasteiger partial charge >= 0.3 is 5.97 Å². The molecule has 0 fully saturated rings. The number of hydrogen-bond donors (Lipinski definition) is 1. The van der Waals surface area contributed by atoms with Crippen molar-refractivity contribution < 1.29 is 14.6 Å². The van der Waals surface area contributed by atoms with E-state index in [-0.39, 0.29) is 17.8 Å². The number of likely N-dealkylation sites (N-methyl/N-ethyl adjacent to an activating group) is 1. The van der Waals surface area contributed by atoms with Gasteiger partial charge in [-0.3, -0.25) is 9.69 Å². The second kappa shape index (κ2) is 16.7. The highest BCUT2D eigenvalue weighted by Crippen LogP contribution is 2.34. The summed E-state index contributed by atoms with van der Waals surface area (Å²) in [6.07, 6.45) is 19.9. The third kappa shape index (κ3) is 12.4. The van der Waals surface area contributed by atoms with Gasteiger partial charge in [0.25, 0.3) is 0 Å². The van der Waals surface area contributed by atoms with Crippen LogP contribution >= 0.6 is 0 Å². The van der Waals surface area contributed by atoms with Gasteiger partial charge in [-0.1, -0.05) is 84.8 Å². The number of unbranched alkanes of at least 4 members (excludes halogenated alkanes) is 9. The summed E-state index contributed by atoms with van der Waals surface area (Å²) in [4.78, 5) is 14.5. The molecule has 0 amide bonds. The van der Waals surface area contributed by atoms with Crippen LogP contribution in [0.2, 0.25) is 0 Å². The van der Waals surface area contributed by atoms with Crippen molar-refractivity contribution in [2.45, 2.75) is 136 Å². The molecule has 0 saturated carbocycles. The number of esters is 1. The second-order valence-corrected chi connectivity index (χ2v) is 10.8. The molecule has 2 atom stereocenters. The molecule has 0 radical (unpaired) electrons. The monoisotopic (exact) mass is 453 g/mol. The SMILES string of the molecule is CCCCCCCCC=CCCCCCC(C)C(=O)OC(C)(C)C(O)(CC(C)C)N(C)C. The molecule has 0 aromatic carbocycles. The number of ether oxygens (including phenoxy) is 1. The Balaban J connectivity index is 4.15. The zero-order valence-electron chi connectivity index (χ0n) is 22.7. The Morgan fingerprint density at radius 3 is 1.91 bits per heavy atom. The standard InChI is InChI=1S/C28H55NO3/c1-9-10-11-12-13-14-15-16-17-18-19-20-21-22-25(4)26(30)32-27(5,6)28(31,29(7)8)23-24(2)3/h16-17,24-25,31H,9-15,18-23H2,1-8H3.